The monoisotopic (exact) mass is 474 g/mol. The van der Waals surface area contributed by atoms with E-state index >= 15 is 0 Å². The molecule has 4 unspecified atom stereocenters. The van der Waals surface area contributed by atoms with Crippen molar-refractivity contribution in [3.63, 3.8) is 0 Å². The summed E-state index contributed by atoms with van der Waals surface area (Å²) in [5.74, 6) is -1.11. The van der Waals surface area contributed by atoms with Crippen LogP contribution in [0.1, 0.15) is 55.6 Å². The van der Waals surface area contributed by atoms with Crippen molar-refractivity contribution in [2.45, 2.75) is 62.6 Å². The molecule has 182 valence electrons. The number of nitrogens with zero attached hydrogens (tertiary/aromatic N) is 1. The van der Waals surface area contributed by atoms with Crippen molar-refractivity contribution in [3.8, 4) is 11.1 Å². The van der Waals surface area contributed by atoms with E-state index < -0.39 is 24.0 Å². The van der Waals surface area contributed by atoms with Crippen LogP contribution in [-0.4, -0.2) is 52.7 Å². The predicted octanol–water partition coefficient (Wildman–Crippen LogP) is 4.16. The Morgan fingerprint density at radius 3 is 2.23 bits per heavy atom. The average molecular weight is 475 g/mol. The highest BCUT2D eigenvalue weighted by molar-refractivity contribution is 5.88. The van der Waals surface area contributed by atoms with Crippen molar-refractivity contribution in [1.29, 1.82) is 0 Å². The first-order chi connectivity index (χ1) is 17.0. The molecule has 2 bridgehead atoms. The Morgan fingerprint density at radius 1 is 0.971 bits per heavy atom. The van der Waals surface area contributed by atoms with Crippen molar-refractivity contribution in [1.82, 2.24) is 10.2 Å². The number of carboxylic acids is 1. The van der Waals surface area contributed by atoms with Crippen molar-refractivity contribution in [2.24, 2.45) is 11.8 Å². The maximum absolute atomic E-state index is 13.5. The number of hydrogen-bond acceptors (Lipinski definition) is 4. The third kappa shape index (κ3) is 3.97. The van der Waals surface area contributed by atoms with E-state index in [0.717, 1.165) is 41.5 Å². The lowest BCUT2D eigenvalue weighted by Gasteiger charge is -2.28. The van der Waals surface area contributed by atoms with E-state index in [1.165, 1.54) is 0 Å². The van der Waals surface area contributed by atoms with Crippen molar-refractivity contribution in [2.75, 3.05) is 6.61 Å². The molecular formula is C28H30N2O5. The lowest BCUT2D eigenvalue weighted by molar-refractivity contribution is -0.143. The average Bonchev–Trinajstić information content (AvgIpc) is 3.36. The van der Waals surface area contributed by atoms with Gasteiger partial charge >= 0.3 is 12.1 Å². The van der Waals surface area contributed by atoms with Crippen LogP contribution in [0.3, 0.4) is 0 Å². The maximum Gasteiger partial charge on any atom is 0.407 e. The third-order valence-corrected chi connectivity index (χ3v) is 8.31. The molecule has 3 fully saturated rings. The number of amides is 2. The van der Waals surface area contributed by atoms with Gasteiger partial charge in [-0.1, -0.05) is 61.4 Å². The van der Waals surface area contributed by atoms with Crippen LogP contribution >= 0.6 is 0 Å². The van der Waals surface area contributed by atoms with Gasteiger partial charge in [-0.25, -0.2) is 4.79 Å². The number of ether oxygens (including phenoxy) is 1. The van der Waals surface area contributed by atoms with Gasteiger partial charge in [-0.15, -0.1) is 0 Å². The van der Waals surface area contributed by atoms with Gasteiger partial charge in [0.15, 0.2) is 0 Å². The molecule has 35 heavy (non-hydrogen) atoms. The highest BCUT2D eigenvalue weighted by Crippen LogP contribution is 2.45. The summed E-state index contributed by atoms with van der Waals surface area (Å²) < 4.78 is 5.70. The van der Waals surface area contributed by atoms with Crippen LogP contribution in [0.15, 0.2) is 48.5 Å². The van der Waals surface area contributed by atoms with Gasteiger partial charge < -0.3 is 20.1 Å². The summed E-state index contributed by atoms with van der Waals surface area (Å²) in [6.07, 6.45) is 4.16. The molecule has 2 aliphatic heterocycles. The van der Waals surface area contributed by atoms with Gasteiger partial charge in [-0.3, -0.25) is 9.59 Å². The van der Waals surface area contributed by atoms with Gasteiger partial charge in [0, 0.05) is 18.0 Å². The highest BCUT2D eigenvalue weighted by Gasteiger charge is 2.52. The zero-order valence-electron chi connectivity index (χ0n) is 19.6. The van der Waals surface area contributed by atoms with E-state index in [1.807, 2.05) is 24.3 Å². The van der Waals surface area contributed by atoms with E-state index in [0.29, 0.717) is 25.2 Å². The molecule has 0 spiro atoms. The van der Waals surface area contributed by atoms with Crippen LogP contribution in [-0.2, 0) is 14.3 Å². The van der Waals surface area contributed by atoms with Gasteiger partial charge in [0.1, 0.15) is 12.6 Å². The minimum absolute atomic E-state index is 0.0420. The Morgan fingerprint density at radius 2 is 1.63 bits per heavy atom. The predicted molar refractivity (Wildman–Crippen MR) is 129 cm³/mol. The number of carboxylic acid groups (broad SMARTS) is 1. The second-order valence-electron chi connectivity index (χ2n) is 10.4. The quantitative estimate of drug-likeness (QED) is 0.628. The maximum atomic E-state index is 13.5. The molecule has 6 rings (SSSR count). The summed E-state index contributed by atoms with van der Waals surface area (Å²) in [7, 11) is 0. The second-order valence-corrected chi connectivity index (χ2v) is 10.4. The summed E-state index contributed by atoms with van der Waals surface area (Å²) in [5, 5.41) is 12.4. The molecule has 1 saturated carbocycles. The van der Waals surface area contributed by atoms with Crippen LogP contribution in [0.25, 0.3) is 11.1 Å². The van der Waals surface area contributed by atoms with Crippen LogP contribution in [0.5, 0.6) is 0 Å². The van der Waals surface area contributed by atoms with E-state index in [4.69, 9.17) is 4.74 Å². The smallest absolute Gasteiger partial charge is 0.407 e. The first kappa shape index (κ1) is 22.1. The Bertz CT molecular complexity index is 1130. The number of hydrogen-bond donors (Lipinski definition) is 2. The number of alkyl carbamates (subject to hydrolysis) is 1. The third-order valence-electron chi connectivity index (χ3n) is 8.31. The van der Waals surface area contributed by atoms with Gasteiger partial charge in [0.05, 0.1) is 5.92 Å². The molecule has 2 N–H and O–H groups in total. The number of aliphatic carboxylic acids is 1. The first-order valence-electron chi connectivity index (χ1n) is 12.7. The normalized spacial score (nSPS) is 25.1. The fourth-order valence-corrected chi connectivity index (χ4v) is 6.47. The van der Waals surface area contributed by atoms with E-state index in [9.17, 15) is 19.5 Å². The SMILES string of the molecule is O=C(NC(CC1CC1)C(=O)N1C2CCC1C(C(=O)O)C2)OCC1c2ccccc2-c2ccccc21. The highest BCUT2D eigenvalue weighted by atomic mass is 16.5. The number of carbonyl (C=O) groups excluding carboxylic acids is 2. The molecule has 4 aliphatic rings. The number of carbonyl (C=O) groups is 3. The molecule has 0 aromatic heterocycles. The Kier molecular flexibility index (Phi) is 5.50. The number of fused-ring (bicyclic) bond motifs is 5. The van der Waals surface area contributed by atoms with Gasteiger partial charge in [0.2, 0.25) is 5.91 Å². The van der Waals surface area contributed by atoms with Crippen LogP contribution in [0.2, 0.25) is 0 Å². The topological polar surface area (TPSA) is 95.9 Å². The molecule has 0 radical (unpaired) electrons. The zero-order chi connectivity index (χ0) is 24.1. The van der Waals surface area contributed by atoms with Crippen molar-refractivity contribution in [3.05, 3.63) is 59.7 Å². The van der Waals surface area contributed by atoms with Crippen LogP contribution in [0.4, 0.5) is 4.79 Å². The molecule has 2 aromatic rings. The van der Waals surface area contributed by atoms with Crippen LogP contribution in [0, 0.1) is 11.8 Å². The van der Waals surface area contributed by atoms with E-state index in [2.05, 4.69) is 29.6 Å². The van der Waals surface area contributed by atoms with Crippen molar-refractivity contribution >= 4 is 18.0 Å². The molecule has 7 heteroatoms. The summed E-state index contributed by atoms with van der Waals surface area (Å²) in [6.45, 7) is 0.195. The molecule has 2 amide bonds. The second kappa shape index (κ2) is 8.70. The molecule has 4 atom stereocenters. The summed E-state index contributed by atoms with van der Waals surface area (Å²) in [5.41, 5.74) is 4.61. The van der Waals surface area contributed by atoms with E-state index in [-0.39, 0.29) is 30.5 Å². The number of benzene rings is 2. The molecule has 7 nitrogen and oxygen atoms in total. The van der Waals surface area contributed by atoms with Crippen molar-refractivity contribution < 1.29 is 24.2 Å². The lowest BCUT2D eigenvalue weighted by Crippen LogP contribution is -2.51. The fraction of sp³-hybridized carbons (Fsp3) is 0.464. The Balaban J connectivity index is 1.14. The molecular weight excluding hydrogens is 444 g/mol. The summed E-state index contributed by atoms with van der Waals surface area (Å²) >= 11 is 0. The minimum Gasteiger partial charge on any atom is -0.481 e. The molecule has 2 heterocycles. The standard InChI is InChI=1S/C28H30N2O5/c31-26(30-17-11-12-25(30)22(14-17)27(32)33)24(13-16-9-10-16)29-28(34)35-15-23-20-7-3-1-5-18(20)19-6-2-4-8-21(19)23/h1-8,16-17,22-25H,9-15H2,(H,29,34)(H,32,33). The summed E-state index contributed by atoms with van der Waals surface area (Å²) in [6, 6.07) is 15.4. The Labute approximate surface area is 204 Å². The molecule has 2 aliphatic carbocycles. The molecule has 2 saturated heterocycles. The minimum atomic E-state index is -0.835. The first-order valence-corrected chi connectivity index (χ1v) is 12.7. The lowest BCUT2D eigenvalue weighted by atomic mass is 9.89. The van der Waals surface area contributed by atoms with Gasteiger partial charge in [-0.05, 0) is 53.9 Å². The van der Waals surface area contributed by atoms with E-state index in [1.54, 1.807) is 4.90 Å². The molecule has 2 aromatic carbocycles. The fourth-order valence-electron chi connectivity index (χ4n) is 6.47. The number of rotatable bonds is 7. The number of nitrogens with one attached hydrogen (secondary N) is 1. The largest absolute Gasteiger partial charge is 0.481 e. The zero-order valence-corrected chi connectivity index (χ0v) is 19.6. The van der Waals surface area contributed by atoms with Crippen LogP contribution < -0.4 is 5.32 Å². The van der Waals surface area contributed by atoms with Gasteiger partial charge in [0.25, 0.3) is 0 Å². The van der Waals surface area contributed by atoms with Gasteiger partial charge in [-0.2, -0.15) is 0 Å². The summed E-state index contributed by atoms with van der Waals surface area (Å²) in [4.78, 5) is 39.8. The Hall–Kier alpha value is -3.35.